The van der Waals surface area contributed by atoms with Crippen molar-refractivity contribution in [3.8, 4) is 11.8 Å². The van der Waals surface area contributed by atoms with Gasteiger partial charge in [-0.3, -0.25) is 0 Å². The van der Waals surface area contributed by atoms with E-state index in [0.29, 0.717) is 5.92 Å². The fourth-order valence-corrected chi connectivity index (χ4v) is 1.79. The van der Waals surface area contributed by atoms with Crippen molar-refractivity contribution in [1.29, 1.82) is 5.26 Å². The largest absolute Gasteiger partial charge is 0.479 e. The smallest absolute Gasteiger partial charge is 0.174 e. The summed E-state index contributed by atoms with van der Waals surface area (Å²) < 4.78 is 10.5. The minimum Gasteiger partial charge on any atom is -0.479 e. The van der Waals surface area contributed by atoms with Crippen LogP contribution in [0.5, 0.6) is 5.75 Å². The van der Waals surface area contributed by atoms with Crippen LogP contribution in [0.1, 0.15) is 6.42 Å². The van der Waals surface area contributed by atoms with E-state index >= 15 is 0 Å². The lowest BCUT2D eigenvalue weighted by molar-refractivity contribution is 0.187. The minimum absolute atomic E-state index is 0.0895. The molecule has 1 N–H and O–H groups in total. The fraction of sp³-hybridized carbons (Fsp3) is 0.462. The van der Waals surface area contributed by atoms with Crippen molar-refractivity contribution in [3.63, 3.8) is 0 Å². The van der Waals surface area contributed by atoms with Crippen LogP contribution in [0.3, 0.4) is 0 Å². The van der Waals surface area contributed by atoms with Crippen LogP contribution in [-0.4, -0.2) is 26.4 Å². The number of rotatable bonds is 5. The van der Waals surface area contributed by atoms with E-state index in [1.54, 1.807) is 0 Å². The van der Waals surface area contributed by atoms with E-state index in [1.165, 1.54) is 0 Å². The van der Waals surface area contributed by atoms with Gasteiger partial charge in [0.05, 0.1) is 6.61 Å². The molecular formula is C13H16N2O2. The molecule has 4 heteroatoms. The van der Waals surface area contributed by atoms with Crippen molar-refractivity contribution in [2.75, 3.05) is 31.7 Å². The van der Waals surface area contributed by atoms with Crippen LogP contribution in [0.15, 0.2) is 24.3 Å². The van der Waals surface area contributed by atoms with Crippen LogP contribution >= 0.6 is 0 Å². The Morgan fingerprint density at radius 3 is 2.88 bits per heavy atom. The Labute approximate surface area is 101 Å². The van der Waals surface area contributed by atoms with E-state index in [-0.39, 0.29) is 6.61 Å². The molecule has 2 rings (SSSR count). The molecule has 1 fully saturated rings. The lowest BCUT2D eigenvalue weighted by Crippen LogP contribution is -2.13. The summed E-state index contributed by atoms with van der Waals surface area (Å²) in [6, 6.07) is 9.59. The summed E-state index contributed by atoms with van der Waals surface area (Å²) in [5.41, 5.74) is 1.07. The maximum Gasteiger partial charge on any atom is 0.174 e. The Morgan fingerprint density at radius 2 is 2.24 bits per heavy atom. The molecule has 0 aliphatic carbocycles. The van der Waals surface area contributed by atoms with Crippen LogP contribution in [-0.2, 0) is 4.74 Å². The van der Waals surface area contributed by atoms with Gasteiger partial charge in [-0.2, -0.15) is 5.26 Å². The maximum absolute atomic E-state index is 8.39. The Bertz CT molecular complexity index is 377. The third-order valence-electron chi connectivity index (χ3n) is 2.78. The summed E-state index contributed by atoms with van der Waals surface area (Å²) in [7, 11) is 0. The molecule has 90 valence electrons. The van der Waals surface area contributed by atoms with Gasteiger partial charge in [0.15, 0.2) is 6.61 Å². The third-order valence-corrected chi connectivity index (χ3v) is 2.78. The van der Waals surface area contributed by atoms with Gasteiger partial charge in [0.2, 0.25) is 0 Å². The first-order valence-corrected chi connectivity index (χ1v) is 5.80. The van der Waals surface area contributed by atoms with Crippen LogP contribution < -0.4 is 10.1 Å². The van der Waals surface area contributed by atoms with Gasteiger partial charge in [0.25, 0.3) is 0 Å². The number of hydrogen-bond acceptors (Lipinski definition) is 4. The van der Waals surface area contributed by atoms with Crippen LogP contribution in [0.4, 0.5) is 5.69 Å². The first-order valence-electron chi connectivity index (χ1n) is 5.80. The molecule has 4 nitrogen and oxygen atoms in total. The highest BCUT2D eigenvalue weighted by Crippen LogP contribution is 2.17. The molecule has 1 aromatic rings. The van der Waals surface area contributed by atoms with E-state index in [1.807, 2.05) is 30.3 Å². The van der Waals surface area contributed by atoms with Crippen molar-refractivity contribution in [2.24, 2.45) is 5.92 Å². The lowest BCUT2D eigenvalue weighted by Gasteiger charge is -2.11. The van der Waals surface area contributed by atoms with Crippen molar-refractivity contribution in [1.82, 2.24) is 0 Å². The highest BCUT2D eigenvalue weighted by Gasteiger charge is 2.14. The highest BCUT2D eigenvalue weighted by atomic mass is 16.5. The van der Waals surface area contributed by atoms with Gasteiger partial charge >= 0.3 is 0 Å². The Morgan fingerprint density at radius 1 is 1.41 bits per heavy atom. The second-order valence-electron chi connectivity index (χ2n) is 4.08. The standard InChI is InChI=1S/C13H16N2O2/c14-6-8-17-13-3-1-12(2-4-13)15-9-11-5-7-16-10-11/h1-4,11,15H,5,7-10H2. The third kappa shape index (κ3) is 3.65. The van der Waals surface area contributed by atoms with E-state index in [2.05, 4.69) is 5.32 Å². The molecule has 0 aromatic heterocycles. The van der Waals surface area contributed by atoms with E-state index in [4.69, 9.17) is 14.7 Å². The molecule has 0 amide bonds. The van der Waals surface area contributed by atoms with Crippen molar-refractivity contribution < 1.29 is 9.47 Å². The zero-order chi connectivity index (χ0) is 11.9. The zero-order valence-electron chi connectivity index (χ0n) is 9.69. The molecule has 17 heavy (non-hydrogen) atoms. The Hall–Kier alpha value is -1.73. The summed E-state index contributed by atoms with van der Waals surface area (Å²) in [6.45, 7) is 2.77. The van der Waals surface area contributed by atoms with Crippen molar-refractivity contribution in [3.05, 3.63) is 24.3 Å². The summed E-state index contributed by atoms with van der Waals surface area (Å²) in [5, 5.41) is 11.8. The first-order chi connectivity index (χ1) is 8.38. The average molecular weight is 232 g/mol. The summed E-state index contributed by atoms with van der Waals surface area (Å²) in [4.78, 5) is 0. The molecule has 1 saturated heterocycles. The Kier molecular flexibility index (Phi) is 4.23. The van der Waals surface area contributed by atoms with Crippen molar-refractivity contribution >= 4 is 5.69 Å². The molecule has 1 heterocycles. The van der Waals surface area contributed by atoms with E-state index in [9.17, 15) is 0 Å². The number of anilines is 1. The number of nitrogens with zero attached hydrogens (tertiary/aromatic N) is 1. The molecular weight excluding hydrogens is 216 g/mol. The van der Waals surface area contributed by atoms with Gasteiger partial charge in [0.1, 0.15) is 11.8 Å². The second kappa shape index (κ2) is 6.12. The monoisotopic (exact) mass is 232 g/mol. The van der Waals surface area contributed by atoms with Gasteiger partial charge in [-0.1, -0.05) is 0 Å². The number of hydrogen-bond donors (Lipinski definition) is 1. The second-order valence-corrected chi connectivity index (χ2v) is 4.08. The molecule has 1 aliphatic heterocycles. The molecule has 1 aliphatic rings. The molecule has 1 aromatic carbocycles. The quantitative estimate of drug-likeness (QED) is 0.844. The zero-order valence-corrected chi connectivity index (χ0v) is 9.69. The molecule has 1 unspecified atom stereocenters. The predicted molar refractivity (Wildman–Crippen MR) is 65.0 cm³/mol. The summed E-state index contributed by atoms with van der Waals surface area (Å²) >= 11 is 0. The number of nitrogens with one attached hydrogen (secondary N) is 1. The average Bonchev–Trinajstić information content (AvgIpc) is 2.88. The lowest BCUT2D eigenvalue weighted by atomic mass is 10.1. The van der Waals surface area contributed by atoms with E-state index < -0.39 is 0 Å². The number of ether oxygens (including phenoxy) is 2. The minimum atomic E-state index is 0.0895. The SMILES string of the molecule is N#CCOc1ccc(NCC2CCOC2)cc1. The first kappa shape index (κ1) is 11.7. The predicted octanol–water partition coefficient (Wildman–Crippen LogP) is 2.04. The molecule has 0 saturated carbocycles. The van der Waals surface area contributed by atoms with Gasteiger partial charge in [-0.05, 0) is 30.7 Å². The van der Waals surface area contributed by atoms with Crippen LogP contribution in [0.25, 0.3) is 0 Å². The molecule has 1 atom stereocenters. The summed E-state index contributed by atoms with van der Waals surface area (Å²) in [5.74, 6) is 1.34. The van der Waals surface area contributed by atoms with Crippen molar-refractivity contribution in [2.45, 2.75) is 6.42 Å². The van der Waals surface area contributed by atoms with Gasteiger partial charge in [-0.15, -0.1) is 0 Å². The number of nitriles is 1. The molecule has 0 radical (unpaired) electrons. The van der Waals surface area contributed by atoms with Gasteiger partial charge in [0, 0.05) is 24.8 Å². The van der Waals surface area contributed by atoms with Crippen LogP contribution in [0.2, 0.25) is 0 Å². The summed E-state index contributed by atoms with van der Waals surface area (Å²) in [6.07, 6.45) is 1.14. The normalized spacial score (nSPS) is 18.6. The van der Waals surface area contributed by atoms with Gasteiger partial charge < -0.3 is 14.8 Å². The Balaban J connectivity index is 1.79. The molecule has 0 spiro atoms. The maximum atomic E-state index is 8.39. The topological polar surface area (TPSA) is 54.3 Å². The number of benzene rings is 1. The molecule has 0 bridgehead atoms. The highest BCUT2D eigenvalue weighted by molar-refractivity contribution is 5.46. The van der Waals surface area contributed by atoms with E-state index in [0.717, 1.165) is 37.6 Å². The van der Waals surface area contributed by atoms with Gasteiger partial charge in [-0.25, -0.2) is 0 Å². The fourth-order valence-electron chi connectivity index (χ4n) is 1.79. The van der Waals surface area contributed by atoms with Crippen LogP contribution in [0, 0.1) is 17.2 Å².